The lowest BCUT2D eigenvalue weighted by molar-refractivity contribution is -0.130. The van der Waals surface area contributed by atoms with E-state index in [0.29, 0.717) is 17.7 Å². The molecule has 0 saturated carbocycles. The van der Waals surface area contributed by atoms with Crippen LogP contribution in [0.4, 0.5) is 0 Å². The smallest absolute Gasteiger partial charge is 0.225 e. The molecule has 0 N–H and O–H groups in total. The summed E-state index contributed by atoms with van der Waals surface area (Å²) in [5.41, 5.74) is 0. The Bertz CT molecular complexity index is 142. The molecule has 0 aromatic heterocycles. The third kappa shape index (κ3) is 1.15. The number of hydrogen-bond donors (Lipinski definition) is 0. The first-order chi connectivity index (χ1) is 4.63. The van der Waals surface area contributed by atoms with Crippen LogP contribution in [-0.2, 0) is 4.79 Å². The lowest BCUT2D eigenvalue weighted by atomic mass is 9.95. The van der Waals surface area contributed by atoms with Gasteiger partial charge >= 0.3 is 0 Å². The summed E-state index contributed by atoms with van der Waals surface area (Å²) in [4.78, 5) is 13.1. The molecule has 0 unspecified atom stereocenters. The normalized spacial score (nSPS) is 26.6. The Morgan fingerprint density at radius 2 is 2.20 bits per heavy atom. The van der Waals surface area contributed by atoms with Crippen molar-refractivity contribution in [3.8, 4) is 0 Å². The molecule has 1 saturated heterocycles. The molecule has 0 aromatic rings. The highest BCUT2D eigenvalue weighted by Crippen LogP contribution is 2.23. The van der Waals surface area contributed by atoms with E-state index in [2.05, 4.69) is 13.8 Å². The molecule has 0 radical (unpaired) electrons. The molecule has 1 aliphatic heterocycles. The fraction of sp³-hybridized carbons (Fsp3) is 0.875. The molecule has 58 valence electrons. The summed E-state index contributed by atoms with van der Waals surface area (Å²) in [5, 5.41) is 0. The van der Waals surface area contributed by atoms with Crippen molar-refractivity contribution in [2.24, 2.45) is 11.8 Å². The van der Waals surface area contributed by atoms with Gasteiger partial charge in [0.05, 0.1) is 0 Å². The standard InChI is InChI=1S/C8H15NO/c1-6(2)7-4-5-9(3)8(7)10/h6-7H,4-5H2,1-3H3/t7-/m0/s1. The summed E-state index contributed by atoms with van der Waals surface area (Å²) < 4.78 is 0. The summed E-state index contributed by atoms with van der Waals surface area (Å²) in [6, 6.07) is 0. The van der Waals surface area contributed by atoms with Gasteiger partial charge in [0.25, 0.3) is 0 Å². The van der Waals surface area contributed by atoms with Gasteiger partial charge in [-0.1, -0.05) is 13.8 Å². The highest BCUT2D eigenvalue weighted by molar-refractivity contribution is 5.80. The highest BCUT2D eigenvalue weighted by atomic mass is 16.2. The van der Waals surface area contributed by atoms with E-state index in [1.54, 1.807) is 0 Å². The van der Waals surface area contributed by atoms with Gasteiger partial charge in [0.1, 0.15) is 0 Å². The van der Waals surface area contributed by atoms with E-state index in [9.17, 15) is 4.79 Å². The largest absolute Gasteiger partial charge is 0.345 e. The van der Waals surface area contributed by atoms with Crippen LogP contribution in [0.5, 0.6) is 0 Å². The lowest BCUT2D eigenvalue weighted by Gasteiger charge is -2.12. The molecule has 1 heterocycles. The Labute approximate surface area is 62.2 Å². The summed E-state index contributed by atoms with van der Waals surface area (Å²) in [5.74, 6) is 1.14. The Morgan fingerprint density at radius 3 is 2.40 bits per heavy atom. The van der Waals surface area contributed by atoms with Gasteiger partial charge in [0, 0.05) is 19.5 Å². The number of amides is 1. The van der Waals surface area contributed by atoms with Gasteiger partial charge in [0.2, 0.25) is 5.91 Å². The van der Waals surface area contributed by atoms with Crippen molar-refractivity contribution in [1.29, 1.82) is 0 Å². The zero-order valence-electron chi connectivity index (χ0n) is 6.92. The molecule has 1 aliphatic rings. The van der Waals surface area contributed by atoms with Crippen LogP contribution in [0.3, 0.4) is 0 Å². The Morgan fingerprint density at radius 1 is 1.60 bits per heavy atom. The average Bonchev–Trinajstić information content (AvgIpc) is 2.14. The summed E-state index contributed by atoms with van der Waals surface area (Å²) in [6.45, 7) is 5.17. The predicted molar refractivity (Wildman–Crippen MR) is 40.6 cm³/mol. The minimum absolute atomic E-state index is 0.296. The zero-order valence-corrected chi connectivity index (χ0v) is 6.92. The van der Waals surface area contributed by atoms with Crippen LogP contribution in [0, 0.1) is 11.8 Å². The van der Waals surface area contributed by atoms with E-state index in [0.717, 1.165) is 13.0 Å². The highest BCUT2D eigenvalue weighted by Gasteiger charge is 2.30. The number of hydrogen-bond acceptors (Lipinski definition) is 1. The Hall–Kier alpha value is -0.530. The van der Waals surface area contributed by atoms with Crippen LogP contribution in [-0.4, -0.2) is 24.4 Å². The fourth-order valence-corrected chi connectivity index (χ4v) is 1.47. The summed E-state index contributed by atoms with van der Waals surface area (Å²) in [7, 11) is 1.88. The third-order valence-corrected chi connectivity index (χ3v) is 2.27. The second-order valence-electron chi connectivity index (χ2n) is 3.40. The van der Waals surface area contributed by atoms with E-state index in [-0.39, 0.29) is 0 Å². The zero-order chi connectivity index (χ0) is 7.72. The summed E-state index contributed by atoms with van der Waals surface area (Å²) in [6.07, 6.45) is 1.05. The SMILES string of the molecule is CC(C)[C@@H]1CCN(C)C1=O. The molecular formula is C8H15NO. The number of nitrogens with zero attached hydrogens (tertiary/aromatic N) is 1. The third-order valence-electron chi connectivity index (χ3n) is 2.27. The lowest BCUT2D eigenvalue weighted by Crippen LogP contribution is -2.24. The van der Waals surface area contributed by atoms with E-state index >= 15 is 0 Å². The van der Waals surface area contributed by atoms with Crippen LogP contribution in [0.1, 0.15) is 20.3 Å². The van der Waals surface area contributed by atoms with Gasteiger partial charge < -0.3 is 4.90 Å². The topological polar surface area (TPSA) is 20.3 Å². The molecule has 1 atom stereocenters. The molecule has 1 rings (SSSR count). The molecule has 2 nitrogen and oxygen atoms in total. The molecule has 0 aromatic carbocycles. The molecule has 0 bridgehead atoms. The van der Waals surface area contributed by atoms with Crippen LogP contribution < -0.4 is 0 Å². The molecule has 1 amide bonds. The van der Waals surface area contributed by atoms with Gasteiger partial charge in [-0.25, -0.2) is 0 Å². The van der Waals surface area contributed by atoms with E-state index in [1.807, 2.05) is 11.9 Å². The van der Waals surface area contributed by atoms with E-state index in [4.69, 9.17) is 0 Å². The van der Waals surface area contributed by atoms with Crippen LogP contribution in [0.15, 0.2) is 0 Å². The van der Waals surface area contributed by atoms with Crippen molar-refractivity contribution in [3.63, 3.8) is 0 Å². The van der Waals surface area contributed by atoms with Crippen molar-refractivity contribution in [2.75, 3.05) is 13.6 Å². The average molecular weight is 141 g/mol. The van der Waals surface area contributed by atoms with Crippen molar-refractivity contribution < 1.29 is 4.79 Å². The maximum atomic E-state index is 11.3. The molecule has 2 heteroatoms. The molecule has 0 aliphatic carbocycles. The summed E-state index contributed by atoms with van der Waals surface area (Å²) >= 11 is 0. The first kappa shape index (κ1) is 7.58. The van der Waals surface area contributed by atoms with Gasteiger partial charge in [-0.05, 0) is 12.3 Å². The monoisotopic (exact) mass is 141 g/mol. The van der Waals surface area contributed by atoms with Crippen molar-refractivity contribution in [3.05, 3.63) is 0 Å². The second kappa shape index (κ2) is 2.60. The Kier molecular flexibility index (Phi) is 1.97. The number of likely N-dealkylation sites (tertiary alicyclic amines) is 1. The molecule has 1 fully saturated rings. The first-order valence-corrected chi connectivity index (χ1v) is 3.88. The van der Waals surface area contributed by atoms with Gasteiger partial charge in [0.15, 0.2) is 0 Å². The van der Waals surface area contributed by atoms with Crippen molar-refractivity contribution >= 4 is 5.91 Å². The maximum Gasteiger partial charge on any atom is 0.225 e. The van der Waals surface area contributed by atoms with E-state index in [1.165, 1.54) is 0 Å². The first-order valence-electron chi connectivity index (χ1n) is 3.88. The van der Waals surface area contributed by atoms with Crippen LogP contribution >= 0.6 is 0 Å². The second-order valence-corrected chi connectivity index (χ2v) is 3.40. The molecule has 10 heavy (non-hydrogen) atoms. The Balaban J connectivity index is 2.57. The van der Waals surface area contributed by atoms with Crippen LogP contribution in [0.25, 0.3) is 0 Å². The molecule has 0 spiro atoms. The fourth-order valence-electron chi connectivity index (χ4n) is 1.47. The van der Waals surface area contributed by atoms with Crippen molar-refractivity contribution in [1.82, 2.24) is 4.90 Å². The van der Waals surface area contributed by atoms with Gasteiger partial charge in [-0.3, -0.25) is 4.79 Å². The van der Waals surface area contributed by atoms with Gasteiger partial charge in [-0.15, -0.1) is 0 Å². The quantitative estimate of drug-likeness (QED) is 0.536. The number of rotatable bonds is 1. The predicted octanol–water partition coefficient (Wildman–Crippen LogP) is 1.12. The van der Waals surface area contributed by atoms with Crippen molar-refractivity contribution in [2.45, 2.75) is 20.3 Å². The maximum absolute atomic E-state index is 11.3. The van der Waals surface area contributed by atoms with Crippen LogP contribution in [0.2, 0.25) is 0 Å². The number of carbonyl (C=O) groups is 1. The minimum atomic E-state index is 0.296. The van der Waals surface area contributed by atoms with E-state index < -0.39 is 0 Å². The number of carbonyl (C=O) groups excluding carboxylic acids is 1. The molecular weight excluding hydrogens is 126 g/mol. The minimum Gasteiger partial charge on any atom is -0.345 e. The van der Waals surface area contributed by atoms with Gasteiger partial charge in [-0.2, -0.15) is 0 Å².